The molecule has 26 heavy (non-hydrogen) atoms. The van der Waals surface area contributed by atoms with Crippen LogP contribution in [0.2, 0.25) is 0 Å². The van der Waals surface area contributed by atoms with Crippen molar-refractivity contribution in [3.05, 3.63) is 35.4 Å². The van der Waals surface area contributed by atoms with Crippen molar-refractivity contribution in [2.75, 3.05) is 40.4 Å². The summed E-state index contributed by atoms with van der Waals surface area (Å²) in [6.45, 7) is 7.91. The van der Waals surface area contributed by atoms with Gasteiger partial charge in [0.15, 0.2) is 5.96 Å². The molecule has 0 saturated carbocycles. The van der Waals surface area contributed by atoms with Gasteiger partial charge in [0.05, 0.1) is 6.54 Å². The molecule has 0 aliphatic carbocycles. The number of carbonyl (C=O) groups excluding carboxylic acids is 1. The number of carbonyl (C=O) groups is 1. The van der Waals surface area contributed by atoms with Crippen molar-refractivity contribution in [1.82, 2.24) is 15.5 Å². The highest BCUT2D eigenvalue weighted by Crippen LogP contribution is 2.07. The average Bonchev–Trinajstić information content (AvgIpc) is 2.62. The molecule has 1 aromatic rings. The van der Waals surface area contributed by atoms with Gasteiger partial charge in [-0.3, -0.25) is 4.79 Å². The second-order valence-electron chi connectivity index (χ2n) is 5.92. The Kier molecular flexibility index (Phi) is 14.0. The zero-order valence-corrected chi connectivity index (χ0v) is 18.7. The molecule has 0 unspecified atom stereocenters. The van der Waals surface area contributed by atoms with Gasteiger partial charge in [0.25, 0.3) is 5.91 Å². The van der Waals surface area contributed by atoms with Gasteiger partial charge in [-0.2, -0.15) is 0 Å². The highest BCUT2D eigenvalue weighted by molar-refractivity contribution is 14.0. The van der Waals surface area contributed by atoms with Crippen LogP contribution in [0.15, 0.2) is 29.3 Å². The Morgan fingerprint density at radius 3 is 2.38 bits per heavy atom. The Labute approximate surface area is 174 Å². The summed E-state index contributed by atoms with van der Waals surface area (Å²) in [4.78, 5) is 18.1. The summed E-state index contributed by atoms with van der Waals surface area (Å²) in [6, 6.07) is 7.60. The number of halogens is 1. The van der Waals surface area contributed by atoms with Crippen LogP contribution >= 0.6 is 24.0 Å². The molecular weight excluding hydrogens is 443 g/mol. The summed E-state index contributed by atoms with van der Waals surface area (Å²) in [5.41, 5.74) is 1.76. The van der Waals surface area contributed by atoms with Crippen molar-refractivity contribution >= 4 is 35.8 Å². The van der Waals surface area contributed by atoms with Crippen LogP contribution in [0.4, 0.5) is 0 Å². The number of ether oxygens (including phenoxy) is 1. The maximum atomic E-state index is 11.9. The van der Waals surface area contributed by atoms with Gasteiger partial charge in [-0.05, 0) is 44.4 Å². The number of guanidine groups is 1. The lowest BCUT2D eigenvalue weighted by molar-refractivity contribution is 0.0827. The van der Waals surface area contributed by atoms with E-state index in [0.29, 0.717) is 12.1 Å². The lowest BCUT2D eigenvalue weighted by Gasteiger charge is -2.12. The molecule has 1 rings (SSSR count). The first-order chi connectivity index (χ1) is 12.1. The van der Waals surface area contributed by atoms with Crippen molar-refractivity contribution in [2.24, 2.45) is 4.99 Å². The van der Waals surface area contributed by atoms with Gasteiger partial charge >= 0.3 is 0 Å². The standard InChI is InChI=1S/C19H32N4O2.HI/c1-5-20-19(21-13-7-8-14-25-6-2)22-15-16-9-11-17(12-10-16)18(24)23(3)4;/h9-12H,5-8,13-15H2,1-4H3,(H2,20,21,22);1H. The molecule has 0 radical (unpaired) electrons. The summed E-state index contributed by atoms with van der Waals surface area (Å²) in [5, 5.41) is 6.58. The predicted octanol–water partition coefficient (Wildman–Crippen LogP) is 2.88. The van der Waals surface area contributed by atoms with Gasteiger partial charge in [-0.15, -0.1) is 24.0 Å². The Balaban J connectivity index is 0.00000625. The van der Waals surface area contributed by atoms with Crippen molar-refractivity contribution < 1.29 is 9.53 Å². The number of nitrogens with zero attached hydrogens (tertiary/aromatic N) is 2. The molecule has 1 amide bonds. The molecular formula is C19H33IN4O2. The number of unbranched alkanes of at least 4 members (excludes halogenated alkanes) is 1. The third kappa shape index (κ3) is 9.96. The first kappa shape index (κ1) is 24.7. The lowest BCUT2D eigenvalue weighted by Crippen LogP contribution is -2.37. The third-order valence-electron chi connectivity index (χ3n) is 3.58. The third-order valence-corrected chi connectivity index (χ3v) is 3.58. The summed E-state index contributed by atoms with van der Waals surface area (Å²) >= 11 is 0. The largest absolute Gasteiger partial charge is 0.382 e. The summed E-state index contributed by atoms with van der Waals surface area (Å²) in [6.07, 6.45) is 2.09. The first-order valence-electron chi connectivity index (χ1n) is 8.99. The molecule has 0 atom stereocenters. The van der Waals surface area contributed by atoms with Crippen molar-refractivity contribution in [1.29, 1.82) is 0 Å². The minimum Gasteiger partial charge on any atom is -0.382 e. The molecule has 0 heterocycles. The van der Waals surface area contributed by atoms with Crippen LogP contribution in [0.3, 0.4) is 0 Å². The van der Waals surface area contributed by atoms with Crippen LogP contribution < -0.4 is 10.6 Å². The molecule has 0 spiro atoms. The number of benzene rings is 1. The molecule has 7 heteroatoms. The predicted molar refractivity (Wildman–Crippen MR) is 118 cm³/mol. The SMILES string of the molecule is CCNC(=NCc1ccc(C(=O)N(C)C)cc1)NCCCCOCC.I. The second kappa shape index (κ2) is 14.8. The number of aliphatic imine (C=N–C) groups is 1. The Hall–Kier alpha value is -1.35. The maximum Gasteiger partial charge on any atom is 0.253 e. The molecule has 0 fully saturated rings. The fourth-order valence-electron chi connectivity index (χ4n) is 2.20. The van der Waals surface area contributed by atoms with Crippen LogP contribution in [0.5, 0.6) is 0 Å². The molecule has 0 aliphatic heterocycles. The Morgan fingerprint density at radius 1 is 1.12 bits per heavy atom. The fraction of sp³-hybridized carbons (Fsp3) is 0.579. The summed E-state index contributed by atoms with van der Waals surface area (Å²) in [7, 11) is 3.51. The van der Waals surface area contributed by atoms with E-state index in [2.05, 4.69) is 15.6 Å². The Bertz CT molecular complexity index is 533. The van der Waals surface area contributed by atoms with Gasteiger partial charge in [0.2, 0.25) is 0 Å². The molecule has 0 aliphatic rings. The van der Waals surface area contributed by atoms with Crippen LogP contribution in [0, 0.1) is 0 Å². The molecule has 1 aromatic carbocycles. The minimum atomic E-state index is 0. The van der Waals surface area contributed by atoms with Gasteiger partial charge in [0.1, 0.15) is 0 Å². The monoisotopic (exact) mass is 476 g/mol. The van der Waals surface area contributed by atoms with E-state index < -0.39 is 0 Å². The lowest BCUT2D eigenvalue weighted by atomic mass is 10.1. The normalized spacial score (nSPS) is 10.8. The molecule has 0 aromatic heterocycles. The number of hydrogen-bond donors (Lipinski definition) is 2. The maximum absolute atomic E-state index is 11.9. The van der Waals surface area contributed by atoms with E-state index in [-0.39, 0.29) is 29.9 Å². The van der Waals surface area contributed by atoms with Crippen molar-refractivity contribution in [2.45, 2.75) is 33.2 Å². The first-order valence-corrected chi connectivity index (χ1v) is 8.99. The highest BCUT2D eigenvalue weighted by Gasteiger charge is 2.07. The topological polar surface area (TPSA) is 66.0 Å². The van der Waals surface area contributed by atoms with E-state index in [1.165, 1.54) is 0 Å². The van der Waals surface area contributed by atoms with Crippen LogP contribution in [-0.2, 0) is 11.3 Å². The van der Waals surface area contributed by atoms with Gasteiger partial charge in [0, 0.05) is 46.0 Å². The van der Waals surface area contributed by atoms with Crippen LogP contribution in [-0.4, -0.2) is 57.2 Å². The molecule has 0 bridgehead atoms. The van der Waals surface area contributed by atoms with E-state index in [1.54, 1.807) is 19.0 Å². The zero-order chi connectivity index (χ0) is 18.5. The smallest absolute Gasteiger partial charge is 0.253 e. The Morgan fingerprint density at radius 2 is 1.81 bits per heavy atom. The minimum absolute atomic E-state index is 0. The van der Waals surface area contributed by atoms with E-state index >= 15 is 0 Å². The number of amides is 1. The van der Waals surface area contributed by atoms with Gasteiger partial charge in [-0.25, -0.2) is 4.99 Å². The van der Waals surface area contributed by atoms with E-state index in [1.807, 2.05) is 38.1 Å². The van der Waals surface area contributed by atoms with E-state index in [0.717, 1.165) is 50.7 Å². The van der Waals surface area contributed by atoms with Crippen LogP contribution in [0.1, 0.15) is 42.6 Å². The molecule has 148 valence electrons. The van der Waals surface area contributed by atoms with E-state index in [9.17, 15) is 4.79 Å². The molecule has 2 N–H and O–H groups in total. The quantitative estimate of drug-likeness (QED) is 0.236. The van der Waals surface area contributed by atoms with Gasteiger partial charge < -0.3 is 20.3 Å². The van der Waals surface area contributed by atoms with E-state index in [4.69, 9.17) is 4.74 Å². The van der Waals surface area contributed by atoms with Crippen molar-refractivity contribution in [3.8, 4) is 0 Å². The fourth-order valence-corrected chi connectivity index (χ4v) is 2.20. The van der Waals surface area contributed by atoms with Crippen molar-refractivity contribution in [3.63, 3.8) is 0 Å². The summed E-state index contributed by atoms with van der Waals surface area (Å²) < 4.78 is 5.33. The average molecular weight is 476 g/mol. The molecule has 6 nitrogen and oxygen atoms in total. The highest BCUT2D eigenvalue weighted by atomic mass is 127. The second-order valence-corrected chi connectivity index (χ2v) is 5.92. The van der Waals surface area contributed by atoms with Crippen LogP contribution in [0.25, 0.3) is 0 Å². The zero-order valence-electron chi connectivity index (χ0n) is 16.4. The number of nitrogens with one attached hydrogen (secondary N) is 2. The molecule has 0 saturated heterocycles. The number of rotatable bonds is 10. The van der Waals surface area contributed by atoms with Gasteiger partial charge in [-0.1, -0.05) is 12.1 Å². The summed E-state index contributed by atoms with van der Waals surface area (Å²) in [5.74, 6) is 0.824. The number of hydrogen-bond acceptors (Lipinski definition) is 3.